The van der Waals surface area contributed by atoms with E-state index in [2.05, 4.69) is 10.3 Å². The number of hydrogen-bond acceptors (Lipinski definition) is 4. The first kappa shape index (κ1) is 14.3. The summed E-state index contributed by atoms with van der Waals surface area (Å²) in [6, 6.07) is 11.3. The Morgan fingerprint density at radius 1 is 1.25 bits per heavy atom. The molecule has 106 valence electrons. The summed E-state index contributed by atoms with van der Waals surface area (Å²) in [5.74, 6) is 0.926. The Hall–Kier alpha value is -2.14. The van der Waals surface area contributed by atoms with Crippen LogP contribution in [-0.2, 0) is 0 Å². The third kappa shape index (κ3) is 4.51. The smallest absolute Gasteiger partial charge is 0.126 e. The Balaban J connectivity index is 1.75. The Kier molecular flexibility index (Phi) is 4.90. The summed E-state index contributed by atoms with van der Waals surface area (Å²) in [5, 5.41) is 12.8. The number of anilines is 1. The fraction of sp³-hybridized carbons (Fsp3) is 0.267. The minimum atomic E-state index is -0.678. The monoisotopic (exact) mass is 276 g/mol. The summed E-state index contributed by atoms with van der Waals surface area (Å²) >= 11 is 0. The van der Waals surface area contributed by atoms with E-state index >= 15 is 0 Å². The van der Waals surface area contributed by atoms with Gasteiger partial charge in [-0.1, -0.05) is 6.07 Å². The van der Waals surface area contributed by atoms with Gasteiger partial charge in [0.2, 0.25) is 0 Å². The molecule has 2 rings (SSSR count). The summed E-state index contributed by atoms with van der Waals surface area (Å²) in [6.45, 7) is 2.36. The zero-order valence-electron chi connectivity index (χ0n) is 11.2. The van der Waals surface area contributed by atoms with E-state index in [0.717, 1.165) is 5.69 Å². The molecule has 1 aromatic heterocycles. The van der Waals surface area contributed by atoms with Gasteiger partial charge in [0, 0.05) is 12.2 Å². The maximum Gasteiger partial charge on any atom is 0.126 e. The standard InChI is InChI=1S/C15H17FN2O2/c1-11-3-2-4-15(18-11)17-9-13(19)10-20-14-7-5-12(16)6-8-14/h2-8,13,19H,9-10H2,1H3,(H,17,18). The number of aromatic nitrogens is 1. The summed E-state index contributed by atoms with van der Waals surface area (Å²) < 4.78 is 18.1. The number of ether oxygens (including phenoxy) is 1. The van der Waals surface area contributed by atoms with Crippen molar-refractivity contribution in [1.82, 2.24) is 4.98 Å². The average molecular weight is 276 g/mol. The van der Waals surface area contributed by atoms with Gasteiger partial charge in [-0.25, -0.2) is 9.37 Å². The van der Waals surface area contributed by atoms with Gasteiger partial charge in [0.1, 0.15) is 30.1 Å². The lowest BCUT2D eigenvalue weighted by Gasteiger charge is -2.13. The van der Waals surface area contributed by atoms with Crippen molar-refractivity contribution >= 4 is 5.82 Å². The van der Waals surface area contributed by atoms with Crippen LogP contribution in [0.15, 0.2) is 42.5 Å². The van der Waals surface area contributed by atoms with Crippen LogP contribution in [0.2, 0.25) is 0 Å². The van der Waals surface area contributed by atoms with Crippen molar-refractivity contribution in [2.75, 3.05) is 18.5 Å². The van der Waals surface area contributed by atoms with Gasteiger partial charge in [-0.05, 0) is 43.3 Å². The maximum absolute atomic E-state index is 12.7. The number of aryl methyl sites for hydroxylation is 1. The molecule has 1 aromatic carbocycles. The molecule has 1 unspecified atom stereocenters. The highest BCUT2D eigenvalue weighted by Crippen LogP contribution is 2.11. The second-order valence-electron chi connectivity index (χ2n) is 4.46. The minimum Gasteiger partial charge on any atom is -0.491 e. The number of halogens is 1. The van der Waals surface area contributed by atoms with Crippen molar-refractivity contribution in [3.63, 3.8) is 0 Å². The van der Waals surface area contributed by atoms with Gasteiger partial charge in [0.15, 0.2) is 0 Å². The van der Waals surface area contributed by atoms with Crippen LogP contribution in [0.1, 0.15) is 5.69 Å². The van der Waals surface area contributed by atoms with Gasteiger partial charge < -0.3 is 15.2 Å². The number of pyridine rings is 1. The topological polar surface area (TPSA) is 54.4 Å². The van der Waals surface area contributed by atoms with E-state index in [0.29, 0.717) is 18.1 Å². The molecule has 20 heavy (non-hydrogen) atoms. The highest BCUT2D eigenvalue weighted by atomic mass is 19.1. The largest absolute Gasteiger partial charge is 0.491 e. The van der Waals surface area contributed by atoms with Crippen LogP contribution >= 0.6 is 0 Å². The zero-order chi connectivity index (χ0) is 14.4. The second kappa shape index (κ2) is 6.86. The highest BCUT2D eigenvalue weighted by molar-refractivity contribution is 5.35. The van der Waals surface area contributed by atoms with Gasteiger partial charge in [-0.15, -0.1) is 0 Å². The average Bonchev–Trinajstić information content (AvgIpc) is 2.45. The molecule has 0 aliphatic carbocycles. The van der Waals surface area contributed by atoms with Gasteiger partial charge in [0.25, 0.3) is 0 Å². The number of nitrogens with one attached hydrogen (secondary N) is 1. The minimum absolute atomic E-state index is 0.129. The predicted octanol–water partition coefficient (Wildman–Crippen LogP) is 2.38. The van der Waals surface area contributed by atoms with Gasteiger partial charge in [-0.2, -0.15) is 0 Å². The number of aliphatic hydroxyl groups is 1. The molecule has 0 spiro atoms. The molecule has 0 saturated carbocycles. The molecular weight excluding hydrogens is 259 g/mol. The van der Waals surface area contributed by atoms with Crippen LogP contribution in [0, 0.1) is 12.7 Å². The number of benzene rings is 1. The number of aliphatic hydroxyl groups excluding tert-OH is 1. The summed E-state index contributed by atoms with van der Waals surface area (Å²) in [7, 11) is 0. The van der Waals surface area contributed by atoms with Gasteiger partial charge in [0.05, 0.1) is 0 Å². The van der Waals surface area contributed by atoms with Crippen molar-refractivity contribution in [2.45, 2.75) is 13.0 Å². The highest BCUT2D eigenvalue weighted by Gasteiger charge is 2.06. The Morgan fingerprint density at radius 3 is 2.70 bits per heavy atom. The fourth-order valence-corrected chi connectivity index (χ4v) is 1.65. The van der Waals surface area contributed by atoms with E-state index in [4.69, 9.17) is 4.74 Å². The fourth-order valence-electron chi connectivity index (χ4n) is 1.65. The van der Waals surface area contributed by atoms with Crippen LogP contribution in [0.3, 0.4) is 0 Å². The third-order valence-corrected chi connectivity index (χ3v) is 2.66. The molecule has 0 amide bonds. The van der Waals surface area contributed by atoms with Crippen LogP contribution in [0.4, 0.5) is 10.2 Å². The lowest BCUT2D eigenvalue weighted by molar-refractivity contribution is 0.117. The van der Waals surface area contributed by atoms with Gasteiger partial charge >= 0.3 is 0 Å². The Labute approximate surface area is 117 Å². The van der Waals surface area contributed by atoms with E-state index < -0.39 is 6.10 Å². The van der Waals surface area contributed by atoms with Crippen LogP contribution < -0.4 is 10.1 Å². The van der Waals surface area contributed by atoms with Crippen LogP contribution in [0.5, 0.6) is 5.75 Å². The molecule has 2 aromatic rings. The lowest BCUT2D eigenvalue weighted by atomic mass is 10.3. The molecule has 0 bridgehead atoms. The molecule has 0 fully saturated rings. The molecular formula is C15H17FN2O2. The van der Waals surface area contributed by atoms with E-state index in [1.807, 2.05) is 25.1 Å². The quantitative estimate of drug-likeness (QED) is 0.850. The summed E-state index contributed by atoms with van der Waals surface area (Å²) in [5.41, 5.74) is 0.909. The van der Waals surface area contributed by atoms with Crippen LogP contribution in [0.25, 0.3) is 0 Å². The summed E-state index contributed by atoms with van der Waals surface area (Å²) in [4.78, 5) is 4.27. The van der Waals surface area contributed by atoms with Crippen molar-refractivity contribution in [3.05, 3.63) is 54.0 Å². The maximum atomic E-state index is 12.7. The van der Waals surface area contributed by atoms with E-state index in [1.165, 1.54) is 24.3 Å². The number of rotatable bonds is 6. The predicted molar refractivity (Wildman–Crippen MR) is 75.4 cm³/mol. The SMILES string of the molecule is Cc1cccc(NCC(O)COc2ccc(F)cc2)n1. The molecule has 4 nitrogen and oxygen atoms in total. The van der Waals surface area contributed by atoms with Crippen molar-refractivity contribution in [1.29, 1.82) is 0 Å². The first-order chi connectivity index (χ1) is 9.63. The molecule has 0 saturated heterocycles. The van der Waals surface area contributed by atoms with E-state index in [-0.39, 0.29) is 12.4 Å². The van der Waals surface area contributed by atoms with Crippen molar-refractivity contribution < 1.29 is 14.2 Å². The molecule has 0 aliphatic heterocycles. The second-order valence-corrected chi connectivity index (χ2v) is 4.46. The zero-order valence-corrected chi connectivity index (χ0v) is 11.2. The van der Waals surface area contributed by atoms with Crippen LogP contribution in [-0.4, -0.2) is 29.3 Å². The molecule has 2 N–H and O–H groups in total. The number of hydrogen-bond donors (Lipinski definition) is 2. The molecule has 1 atom stereocenters. The van der Waals surface area contributed by atoms with E-state index in [1.54, 1.807) is 0 Å². The van der Waals surface area contributed by atoms with Crippen molar-refractivity contribution in [2.24, 2.45) is 0 Å². The van der Waals surface area contributed by atoms with Gasteiger partial charge in [-0.3, -0.25) is 0 Å². The third-order valence-electron chi connectivity index (χ3n) is 2.66. The molecule has 0 radical (unpaired) electrons. The molecule has 5 heteroatoms. The summed E-state index contributed by atoms with van der Waals surface area (Å²) in [6.07, 6.45) is -0.678. The van der Waals surface area contributed by atoms with E-state index in [9.17, 15) is 9.50 Å². The first-order valence-corrected chi connectivity index (χ1v) is 6.37. The Morgan fingerprint density at radius 2 is 2.00 bits per heavy atom. The lowest BCUT2D eigenvalue weighted by Crippen LogP contribution is -2.26. The number of nitrogens with zero attached hydrogens (tertiary/aromatic N) is 1. The Bertz CT molecular complexity index is 546. The van der Waals surface area contributed by atoms with Crippen molar-refractivity contribution in [3.8, 4) is 5.75 Å². The molecule has 0 aliphatic rings. The normalized spacial score (nSPS) is 11.9. The molecule has 1 heterocycles. The first-order valence-electron chi connectivity index (χ1n) is 6.37.